The Bertz CT molecular complexity index is 867. The van der Waals surface area contributed by atoms with Crippen LogP contribution in [0.5, 0.6) is 5.75 Å². The van der Waals surface area contributed by atoms with Crippen LogP contribution in [0.2, 0.25) is 5.02 Å². The number of halogens is 1. The van der Waals surface area contributed by atoms with Gasteiger partial charge in [-0.25, -0.2) is 0 Å². The van der Waals surface area contributed by atoms with E-state index >= 15 is 0 Å². The quantitative estimate of drug-likeness (QED) is 0.672. The number of aliphatic hydroxyl groups excluding tert-OH is 1. The summed E-state index contributed by atoms with van der Waals surface area (Å²) in [5.41, 5.74) is 3.17. The fourth-order valence-corrected chi connectivity index (χ4v) is 2.56. The number of fused-ring (bicyclic) bond motifs is 1. The third-order valence-corrected chi connectivity index (χ3v) is 4.27. The Morgan fingerprint density at radius 3 is 3.04 bits per heavy atom. The molecular formula is C17H20ClN5O2. The summed E-state index contributed by atoms with van der Waals surface area (Å²) in [6.07, 6.45) is 1.66. The molecule has 0 aliphatic carbocycles. The lowest BCUT2D eigenvalue weighted by Gasteiger charge is -2.16. The van der Waals surface area contributed by atoms with Gasteiger partial charge in [0.25, 0.3) is 0 Å². The van der Waals surface area contributed by atoms with E-state index in [0.717, 1.165) is 23.4 Å². The van der Waals surface area contributed by atoms with E-state index in [0.29, 0.717) is 23.0 Å². The Balaban J connectivity index is 1.62. The van der Waals surface area contributed by atoms with E-state index in [-0.39, 0.29) is 6.61 Å². The molecule has 7 nitrogen and oxygen atoms in total. The lowest BCUT2D eigenvalue weighted by molar-refractivity contribution is 0.117. The van der Waals surface area contributed by atoms with Gasteiger partial charge in [0, 0.05) is 17.1 Å². The fourth-order valence-electron chi connectivity index (χ4n) is 2.40. The van der Waals surface area contributed by atoms with Crippen LogP contribution in [0, 0.1) is 6.92 Å². The molecule has 0 unspecified atom stereocenters. The Labute approximate surface area is 150 Å². The molecule has 8 heteroatoms. The second kappa shape index (κ2) is 7.67. The number of aliphatic hydroxyl groups is 1. The van der Waals surface area contributed by atoms with E-state index in [1.165, 1.54) is 0 Å². The summed E-state index contributed by atoms with van der Waals surface area (Å²) in [6.45, 7) is 4.38. The van der Waals surface area contributed by atoms with Gasteiger partial charge in [0.05, 0.1) is 11.4 Å². The van der Waals surface area contributed by atoms with Crippen molar-refractivity contribution in [2.75, 3.05) is 18.5 Å². The number of aryl methyl sites for hydroxylation is 1. The van der Waals surface area contributed by atoms with Gasteiger partial charge in [0.15, 0.2) is 0 Å². The van der Waals surface area contributed by atoms with Crippen LogP contribution in [0.4, 0.5) is 5.69 Å². The lowest BCUT2D eigenvalue weighted by atomic mass is 10.2. The van der Waals surface area contributed by atoms with Crippen molar-refractivity contribution in [1.29, 1.82) is 0 Å². The van der Waals surface area contributed by atoms with Crippen molar-refractivity contribution in [2.24, 2.45) is 0 Å². The standard InChI is InChI=1S/C17H20ClN5O2/c1-3-12-7-15(17-21-20-10-23(17)22-12)19-8-13(24)9-25-16-6-4-5-14(18)11(16)2/h4-7,10,13,19,24H,3,8-9H2,1-2H3/t13-/m1/s1. The van der Waals surface area contributed by atoms with Crippen LogP contribution in [-0.4, -0.2) is 44.2 Å². The van der Waals surface area contributed by atoms with Crippen LogP contribution >= 0.6 is 11.6 Å². The summed E-state index contributed by atoms with van der Waals surface area (Å²) in [6, 6.07) is 7.37. The molecule has 3 aromatic rings. The van der Waals surface area contributed by atoms with Crippen molar-refractivity contribution >= 4 is 22.9 Å². The largest absolute Gasteiger partial charge is 0.490 e. The SMILES string of the molecule is CCc1cc(NC[C@@H](O)COc2cccc(Cl)c2C)c2nncn2n1. The van der Waals surface area contributed by atoms with E-state index in [9.17, 15) is 5.11 Å². The Morgan fingerprint density at radius 1 is 1.40 bits per heavy atom. The van der Waals surface area contributed by atoms with E-state index in [4.69, 9.17) is 16.3 Å². The Hall–Kier alpha value is -2.38. The van der Waals surface area contributed by atoms with Crippen LogP contribution in [0.15, 0.2) is 30.6 Å². The van der Waals surface area contributed by atoms with Crippen molar-refractivity contribution in [3.05, 3.63) is 46.9 Å². The number of nitrogens with one attached hydrogen (secondary N) is 1. The first-order valence-electron chi connectivity index (χ1n) is 8.08. The van der Waals surface area contributed by atoms with Crippen molar-refractivity contribution in [3.63, 3.8) is 0 Å². The predicted octanol–water partition coefficient (Wildman–Crippen LogP) is 2.50. The maximum atomic E-state index is 10.2. The molecule has 0 saturated carbocycles. The smallest absolute Gasteiger partial charge is 0.200 e. The number of ether oxygens (including phenoxy) is 1. The van der Waals surface area contributed by atoms with Gasteiger partial charge in [-0.2, -0.15) is 9.61 Å². The molecule has 132 valence electrons. The van der Waals surface area contributed by atoms with Gasteiger partial charge in [-0.3, -0.25) is 0 Å². The topological polar surface area (TPSA) is 84.6 Å². The minimum atomic E-state index is -0.695. The van der Waals surface area contributed by atoms with Gasteiger partial charge in [-0.05, 0) is 31.5 Å². The monoisotopic (exact) mass is 361 g/mol. The molecule has 2 aromatic heterocycles. The van der Waals surface area contributed by atoms with E-state index in [1.54, 1.807) is 16.9 Å². The molecule has 0 aliphatic heterocycles. The third kappa shape index (κ3) is 4.00. The van der Waals surface area contributed by atoms with E-state index < -0.39 is 6.10 Å². The van der Waals surface area contributed by atoms with Crippen molar-refractivity contribution < 1.29 is 9.84 Å². The van der Waals surface area contributed by atoms with Gasteiger partial charge in [0.1, 0.15) is 24.8 Å². The second-order valence-electron chi connectivity index (χ2n) is 5.71. The number of rotatable bonds is 7. The van der Waals surface area contributed by atoms with Crippen molar-refractivity contribution in [1.82, 2.24) is 19.8 Å². The summed E-state index contributed by atoms with van der Waals surface area (Å²) < 4.78 is 7.29. The van der Waals surface area contributed by atoms with E-state index in [1.807, 2.05) is 32.0 Å². The highest BCUT2D eigenvalue weighted by Gasteiger charge is 2.11. The molecule has 2 heterocycles. The molecule has 25 heavy (non-hydrogen) atoms. The van der Waals surface area contributed by atoms with E-state index in [2.05, 4.69) is 20.6 Å². The van der Waals surface area contributed by atoms with Crippen LogP contribution in [0.25, 0.3) is 5.65 Å². The van der Waals surface area contributed by atoms with Gasteiger partial charge < -0.3 is 15.2 Å². The van der Waals surface area contributed by atoms with Gasteiger partial charge in [-0.1, -0.05) is 24.6 Å². The van der Waals surface area contributed by atoms with Crippen molar-refractivity contribution in [3.8, 4) is 5.75 Å². The normalized spacial score (nSPS) is 12.3. The first-order chi connectivity index (χ1) is 12.1. The average molecular weight is 362 g/mol. The van der Waals surface area contributed by atoms with Crippen LogP contribution in [0.3, 0.4) is 0 Å². The zero-order chi connectivity index (χ0) is 17.8. The summed E-state index contributed by atoms with van der Waals surface area (Å²) in [7, 11) is 0. The molecule has 0 fully saturated rings. The zero-order valence-corrected chi connectivity index (χ0v) is 14.9. The minimum Gasteiger partial charge on any atom is -0.490 e. The molecule has 0 radical (unpaired) electrons. The molecular weight excluding hydrogens is 342 g/mol. The van der Waals surface area contributed by atoms with Crippen molar-refractivity contribution in [2.45, 2.75) is 26.4 Å². The van der Waals surface area contributed by atoms with Crippen LogP contribution in [-0.2, 0) is 6.42 Å². The highest BCUT2D eigenvalue weighted by atomic mass is 35.5. The molecule has 0 spiro atoms. The Kier molecular flexibility index (Phi) is 5.35. The number of hydrogen-bond donors (Lipinski definition) is 2. The first-order valence-corrected chi connectivity index (χ1v) is 8.46. The van der Waals surface area contributed by atoms with Gasteiger partial charge in [0.2, 0.25) is 5.65 Å². The lowest BCUT2D eigenvalue weighted by Crippen LogP contribution is -2.26. The fraction of sp³-hybridized carbons (Fsp3) is 0.353. The number of nitrogens with zero attached hydrogens (tertiary/aromatic N) is 4. The molecule has 0 bridgehead atoms. The Morgan fingerprint density at radius 2 is 2.24 bits per heavy atom. The number of aromatic nitrogens is 4. The summed E-state index contributed by atoms with van der Waals surface area (Å²) >= 11 is 6.07. The summed E-state index contributed by atoms with van der Waals surface area (Å²) in [5.74, 6) is 0.670. The molecule has 3 rings (SSSR count). The zero-order valence-electron chi connectivity index (χ0n) is 14.1. The average Bonchev–Trinajstić information content (AvgIpc) is 3.09. The summed E-state index contributed by atoms with van der Waals surface area (Å²) in [5, 5.41) is 26.3. The number of hydrogen-bond acceptors (Lipinski definition) is 6. The molecule has 0 aliphatic rings. The van der Waals surface area contributed by atoms with Crippen LogP contribution in [0.1, 0.15) is 18.2 Å². The third-order valence-electron chi connectivity index (χ3n) is 3.86. The highest BCUT2D eigenvalue weighted by molar-refractivity contribution is 6.31. The van der Waals surface area contributed by atoms with Gasteiger partial charge in [-0.15, -0.1) is 10.2 Å². The first kappa shape index (κ1) is 17.4. The minimum absolute atomic E-state index is 0.156. The molecule has 2 N–H and O–H groups in total. The van der Waals surface area contributed by atoms with Crippen LogP contribution < -0.4 is 10.1 Å². The maximum Gasteiger partial charge on any atom is 0.200 e. The molecule has 1 aromatic carbocycles. The van der Waals surface area contributed by atoms with Gasteiger partial charge >= 0.3 is 0 Å². The number of benzene rings is 1. The highest BCUT2D eigenvalue weighted by Crippen LogP contribution is 2.25. The maximum absolute atomic E-state index is 10.2. The second-order valence-corrected chi connectivity index (χ2v) is 6.12. The number of anilines is 1. The predicted molar refractivity (Wildman–Crippen MR) is 96.3 cm³/mol. The molecule has 0 saturated heterocycles. The molecule has 0 amide bonds. The summed E-state index contributed by atoms with van der Waals surface area (Å²) in [4.78, 5) is 0. The molecule has 1 atom stereocenters.